The number of carbonyl (C=O) groups is 3. The number of Topliss-reactive ketones (excluding diaryl/α,β-unsaturated/α-hetero) is 1. The molecule has 1 aromatic heterocycles. The van der Waals surface area contributed by atoms with E-state index < -0.39 is 5.97 Å². The first-order chi connectivity index (χ1) is 12.2. The highest BCUT2D eigenvalue weighted by atomic mass is 16.5. The Morgan fingerprint density at radius 2 is 1.73 bits per heavy atom. The van der Waals surface area contributed by atoms with Crippen molar-refractivity contribution >= 4 is 23.3 Å². The van der Waals surface area contributed by atoms with Crippen LogP contribution in [0.15, 0.2) is 30.3 Å². The number of aryl methyl sites for hydroxylation is 1. The second-order valence-electron chi connectivity index (χ2n) is 6.51. The monoisotopic (exact) mass is 356 g/mol. The summed E-state index contributed by atoms with van der Waals surface area (Å²) in [4.78, 5) is 35.5. The van der Waals surface area contributed by atoms with Crippen molar-refractivity contribution in [2.45, 2.75) is 40.7 Å². The maximum atomic E-state index is 12.4. The number of benzene rings is 1. The van der Waals surface area contributed by atoms with Crippen LogP contribution in [0.4, 0.5) is 5.69 Å². The van der Waals surface area contributed by atoms with Crippen LogP contribution in [-0.2, 0) is 9.53 Å². The fraction of sp³-hybridized carbons (Fsp3) is 0.350. The van der Waals surface area contributed by atoms with Gasteiger partial charge in [-0.3, -0.25) is 9.59 Å². The third-order valence-electron chi connectivity index (χ3n) is 4.08. The molecule has 6 nitrogen and oxygen atoms in total. The van der Waals surface area contributed by atoms with Gasteiger partial charge < -0.3 is 14.6 Å². The molecule has 26 heavy (non-hydrogen) atoms. The summed E-state index contributed by atoms with van der Waals surface area (Å²) in [5, 5.41) is 2.62. The van der Waals surface area contributed by atoms with Gasteiger partial charge in [-0.1, -0.05) is 0 Å². The Balaban J connectivity index is 2.02. The Morgan fingerprint density at radius 3 is 2.23 bits per heavy atom. The molecule has 138 valence electrons. The number of ketones is 1. The molecule has 6 heteroatoms. The largest absolute Gasteiger partial charge is 0.454 e. The van der Waals surface area contributed by atoms with Gasteiger partial charge in [-0.05, 0) is 58.0 Å². The molecule has 1 heterocycles. The number of rotatable bonds is 6. The number of aromatic nitrogens is 1. The number of esters is 1. The fourth-order valence-electron chi connectivity index (χ4n) is 3.04. The first-order valence-electron chi connectivity index (χ1n) is 8.47. The lowest BCUT2D eigenvalue weighted by atomic mass is 10.1. The number of nitrogens with one attached hydrogen (secondary N) is 1. The van der Waals surface area contributed by atoms with Crippen molar-refractivity contribution in [3.8, 4) is 0 Å². The number of ether oxygens (including phenoxy) is 1. The molecule has 0 unspecified atom stereocenters. The highest BCUT2D eigenvalue weighted by molar-refractivity contribution is 6.00. The van der Waals surface area contributed by atoms with Gasteiger partial charge in [0.2, 0.25) is 11.7 Å². The van der Waals surface area contributed by atoms with Gasteiger partial charge in [0.15, 0.2) is 6.61 Å². The third-order valence-corrected chi connectivity index (χ3v) is 4.08. The minimum absolute atomic E-state index is 0.190. The molecule has 1 amide bonds. The zero-order valence-corrected chi connectivity index (χ0v) is 15.8. The van der Waals surface area contributed by atoms with E-state index in [4.69, 9.17) is 4.74 Å². The van der Waals surface area contributed by atoms with Crippen LogP contribution < -0.4 is 5.32 Å². The standard InChI is InChI=1S/C20H24N2O4/c1-12(2)22-13(3)10-18(14(22)4)19(24)11-26-20(25)16-6-8-17(9-7-16)21-15(5)23/h6-10,12H,11H2,1-5H3,(H,21,23). The molecular weight excluding hydrogens is 332 g/mol. The quantitative estimate of drug-likeness (QED) is 0.633. The normalized spacial score (nSPS) is 10.7. The topological polar surface area (TPSA) is 77.4 Å². The second kappa shape index (κ2) is 7.99. The van der Waals surface area contributed by atoms with Crippen molar-refractivity contribution in [2.24, 2.45) is 0 Å². The van der Waals surface area contributed by atoms with E-state index in [1.54, 1.807) is 24.3 Å². The average molecular weight is 356 g/mol. The predicted molar refractivity (Wildman–Crippen MR) is 99.6 cm³/mol. The first kappa shape index (κ1) is 19.4. The number of hydrogen-bond acceptors (Lipinski definition) is 4. The van der Waals surface area contributed by atoms with E-state index >= 15 is 0 Å². The molecule has 1 aromatic carbocycles. The number of amides is 1. The molecule has 0 fully saturated rings. The molecule has 0 aliphatic rings. The zero-order chi connectivity index (χ0) is 19.4. The summed E-state index contributed by atoms with van der Waals surface area (Å²) in [5.74, 6) is -0.997. The Kier molecular flexibility index (Phi) is 5.97. The highest BCUT2D eigenvalue weighted by Gasteiger charge is 2.19. The molecule has 0 atom stereocenters. The van der Waals surface area contributed by atoms with Gasteiger partial charge in [-0.25, -0.2) is 4.79 Å². The summed E-state index contributed by atoms with van der Waals surface area (Å²) in [6.07, 6.45) is 0. The van der Waals surface area contributed by atoms with Crippen molar-refractivity contribution in [1.29, 1.82) is 0 Å². The SMILES string of the molecule is CC(=O)Nc1ccc(C(=O)OCC(=O)c2cc(C)n(C(C)C)c2C)cc1. The predicted octanol–water partition coefficient (Wildman–Crippen LogP) is 3.68. The molecule has 1 N–H and O–H groups in total. The highest BCUT2D eigenvalue weighted by Crippen LogP contribution is 2.20. The number of carbonyl (C=O) groups excluding carboxylic acids is 3. The average Bonchev–Trinajstić information content (AvgIpc) is 2.87. The van der Waals surface area contributed by atoms with E-state index in [-0.39, 0.29) is 24.3 Å². The van der Waals surface area contributed by atoms with Gasteiger partial charge in [0.25, 0.3) is 0 Å². The van der Waals surface area contributed by atoms with Crippen LogP contribution in [-0.4, -0.2) is 28.8 Å². The first-order valence-corrected chi connectivity index (χ1v) is 8.47. The van der Waals surface area contributed by atoms with Crippen molar-refractivity contribution in [3.05, 3.63) is 52.8 Å². The number of nitrogens with zero attached hydrogens (tertiary/aromatic N) is 1. The molecule has 2 rings (SSSR count). The molecule has 0 bridgehead atoms. The lowest BCUT2D eigenvalue weighted by Crippen LogP contribution is -2.15. The van der Waals surface area contributed by atoms with E-state index in [0.717, 1.165) is 11.4 Å². The van der Waals surface area contributed by atoms with E-state index in [9.17, 15) is 14.4 Å². The summed E-state index contributed by atoms with van der Waals surface area (Å²) >= 11 is 0. The van der Waals surface area contributed by atoms with Gasteiger partial charge in [-0.2, -0.15) is 0 Å². The van der Waals surface area contributed by atoms with E-state index in [1.807, 2.05) is 19.9 Å². The van der Waals surface area contributed by atoms with Gasteiger partial charge >= 0.3 is 5.97 Å². The van der Waals surface area contributed by atoms with E-state index in [0.29, 0.717) is 16.8 Å². The Bertz CT molecular complexity index is 832. The molecule has 0 spiro atoms. The van der Waals surface area contributed by atoms with Crippen molar-refractivity contribution in [1.82, 2.24) is 4.57 Å². The third kappa shape index (κ3) is 4.39. The number of hydrogen-bond donors (Lipinski definition) is 1. The zero-order valence-electron chi connectivity index (χ0n) is 15.8. The molecule has 2 aromatic rings. The van der Waals surface area contributed by atoms with Crippen molar-refractivity contribution in [3.63, 3.8) is 0 Å². The van der Waals surface area contributed by atoms with Crippen LogP contribution in [0.2, 0.25) is 0 Å². The van der Waals surface area contributed by atoms with Gasteiger partial charge in [-0.15, -0.1) is 0 Å². The smallest absolute Gasteiger partial charge is 0.338 e. The molecule has 0 saturated heterocycles. The van der Waals surface area contributed by atoms with Crippen LogP contribution in [0.1, 0.15) is 58.9 Å². The Morgan fingerprint density at radius 1 is 1.12 bits per heavy atom. The fourth-order valence-corrected chi connectivity index (χ4v) is 3.04. The van der Waals surface area contributed by atoms with Gasteiger partial charge in [0, 0.05) is 35.6 Å². The Hall–Kier alpha value is -2.89. The second-order valence-corrected chi connectivity index (χ2v) is 6.51. The van der Waals surface area contributed by atoms with E-state index in [1.165, 1.54) is 6.92 Å². The van der Waals surface area contributed by atoms with Gasteiger partial charge in [0.05, 0.1) is 5.56 Å². The molecule has 0 aliphatic carbocycles. The molecule has 0 aliphatic heterocycles. The molecule has 0 radical (unpaired) electrons. The molecule has 0 saturated carbocycles. The minimum Gasteiger partial charge on any atom is -0.454 e. The van der Waals surface area contributed by atoms with Crippen LogP contribution in [0, 0.1) is 13.8 Å². The minimum atomic E-state index is -0.578. The Labute approximate surface area is 153 Å². The van der Waals surface area contributed by atoms with Crippen LogP contribution in [0.25, 0.3) is 0 Å². The molecular formula is C20H24N2O4. The summed E-state index contributed by atoms with van der Waals surface area (Å²) in [5.41, 5.74) is 3.36. The van der Waals surface area contributed by atoms with E-state index in [2.05, 4.69) is 23.7 Å². The van der Waals surface area contributed by atoms with Crippen LogP contribution >= 0.6 is 0 Å². The maximum absolute atomic E-state index is 12.4. The van der Waals surface area contributed by atoms with Crippen molar-refractivity contribution in [2.75, 3.05) is 11.9 Å². The van der Waals surface area contributed by atoms with Gasteiger partial charge in [0.1, 0.15) is 0 Å². The maximum Gasteiger partial charge on any atom is 0.338 e. The lowest BCUT2D eigenvalue weighted by molar-refractivity contribution is -0.114. The van der Waals surface area contributed by atoms with Crippen LogP contribution in [0.5, 0.6) is 0 Å². The summed E-state index contributed by atoms with van der Waals surface area (Å²) in [6.45, 7) is 9.05. The van der Waals surface area contributed by atoms with Crippen molar-refractivity contribution < 1.29 is 19.1 Å². The summed E-state index contributed by atoms with van der Waals surface area (Å²) in [7, 11) is 0. The summed E-state index contributed by atoms with van der Waals surface area (Å²) < 4.78 is 7.22. The lowest BCUT2D eigenvalue weighted by Gasteiger charge is -2.13. The summed E-state index contributed by atoms with van der Waals surface area (Å²) in [6, 6.07) is 8.38. The number of anilines is 1. The van der Waals surface area contributed by atoms with Crippen LogP contribution in [0.3, 0.4) is 0 Å².